The fourth-order valence-electron chi connectivity index (χ4n) is 2.73. The van der Waals surface area contributed by atoms with Gasteiger partial charge in [0.1, 0.15) is 5.75 Å². The zero-order valence-corrected chi connectivity index (χ0v) is 15.9. The number of hydrogen-bond acceptors (Lipinski definition) is 7. The second-order valence-electron chi connectivity index (χ2n) is 6.19. The summed E-state index contributed by atoms with van der Waals surface area (Å²) in [6, 6.07) is 11.0. The van der Waals surface area contributed by atoms with Crippen LogP contribution < -0.4 is 20.7 Å². The number of aromatic amines is 2. The normalized spacial score (nSPS) is 11.3. The molecular weight excluding hydrogens is 412 g/mol. The third-order valence-electron chi connectivity index (χ3n) is 4.09. The smallest absolute Gasteiger partial charge is 0.326 e. The number of aromatic nitrogens is 3. The molecule has 2 aromatic heterocycles. The van der Waals surface area contributed by atoms with Crippen molar-refractivity contribution in [2.24, 2.45) is 0 Å². The van der Waals surface area contributed by atoms with Gasteiger partial charge in [-0.15, -0.1) is 0 Å². The number of rotatable bonds is 5. The van der Waals surface area contributed by atoms with Gasteiger partial charge in [-0.2, -0.15) is 0 Å². The number of ether oxygens (including phenoxy) is 1. The zero-order valence-electron chi connectivity index (χ0n) is 15.1. The van der Waals surface area contributed by atoms with Crippen molar-refractivity contribution in [2.75, 3.05) is 4.72 Å². The Morgan fingerprint density at radius 1 is 1.03 bits per heavy atom. The molecule has 0 aliphatic rings. The molecule has 2 aromatic carbocycles. The van der Waals surface area contributed by atoms with E-state index in [-0.39, 0.29) is 33.0 Å². The molecule has 152 valence electrons. The number of sulfonamides is 1. The first-order valence-corrected chi connectivity index (χ1v) is 10.0. The summed E-state index contributed by atoms with van der Waals surface area (Å²) in [5.41, 5.74) is -1.11. The Bertz CT molecular complexity index is 1460. The lowest BCUT2D eigenvalue weighted by Crippen LogP contribution is -2.22. The summed E-state index contributed by atoms with van der Waals surface area (Å²) in [4.78, 5) is 31.4. The van der Waals surface area contributed by atoms with E-state index in [1.165, 1.54) is 36.5 Å². The minimum atomic E-state index is -4.08. The van der Waals surface area contributed by atoms with E-state index in [0.717, 1.165) is 6.07 Å². The van der Waals surface area contributed by atoms with Crippen molar-refractivity contribution in [3.05, 3.63) is 81.8 Å². The Morgan fingerprint density at radius 3 is 2.60 bits per heavy atom. The van der Waals surface area contributed by atoms with E-state index in [1.807, 2.05) is 4.98 Å². The van der Waals surface area contributed by atoms with Crippen LogP contribution in [0.2, 0.25) is 0 Å². The molecule has 0 radical (unpaired) electrons. The van der Waals surface area contributed by atoms with Crippen molar-refractivity contribution in [3.8, 4) is 17.2 Å². The summed E-state index contributed by atoms with van der Waals surface area (Å²) in [5.74, 6) is 0.235. The minimum absolute atomic E-state index is 0.0144. The van der Waals surface area contributed by atoms with Crippen molar-refractivity contribution in [3.63, 3.8) is 0 Å². The summed E-state index contributed by atoms with van der Waals surface area (Å²) >= 11 is 0. The molecule has 2 heterocycles. The first-order chi connectivity index (χ1) is 14.3. The summed E-state index contributed by atoms with van der Waals surface area (Å²) in [6.45, 7) is 0. The molecule has 0 aliphatic heterocycles. The Morgan fingerprint density at radius 2 is 1.87 bits per heavy atom. The highest BCUT2D eigenvalue weighted by Crippen LogP contribution is 2.33. The number of anilines is 1. The summed E-state index contributed by atoms with van der Waals surface area (Å²) in [6.07, 6.45) is 3.04. The van der Waals surface area contributed by atoms with E-state index in [4.69, 9.17) is 4.74 Å². The van der Waals surface area contributed by atoms with Crippen molar-refractivity contribution in [1.82, 2.24) is 15.0 Å². The van der Waals surface area contributed by atoms with Gasteiger partial charge in [-0.3, -0.25) is 19.5 Å². The quantitative estimate of drug-likeness (QED) is 0.380. The fraction of sp³-hybridized carbons (Fsp3) is 0. The summed E-state index contributed by atoms with van der Waals surface area (Å²) in [7, 11) is -4.08. The monoisotopic (exact) mass is 426 g/mol. The molecule has 30 heavy (non-hydrogen) atoms. The molecule has 0 amide bonds. The van der Waals surface area contributed by atoms with Crippen LogP contribution in [0.1, 0.15) is 0 Å². The van der Waals surface area contributed by atoms with Gasteiger partial charge in [-0.1, -0.05) is 0 Å². The molecule has 0 spiro atoms. The number of aromatic hydroxyl groups is 1. The van der Waals surface area contributed by atoms with Gasteiger partial charge in [-0.25, -0.2) is 13.2 Å². The van der Waals surface area contributed by atoms with E-state index < -0.39 is 21.3 Å². The van der Waals surface area contributed by atoms with E-state index >= 15 is 0 Å². The Labute approximate surface area is 168 Å². The van der Waals surface area contributed by atoms with Crippen LogP contribution in [-0.2, 0) is 10.0 Å². The number of hydrogen-bond donors (Lipinski definition) is 4. The Hall–Kier alpha value is -4.12. The van der Waals surface area contributed by atoms with Gasteiger partial charge in [0.2, 0.25) is 0 Å². The molecule has 0 unspecified atom stereocenters. The first kappa shape index (κ1) is 19.2. The van der Waals surface area contributed by atoms with Crippen molar-refractivity contribution in [1.29, 1.82) is 0 Å². The van der Waals surface area contributed by atoms with Crippen LogP contribution in [0.15, 0.2) is 75.4 Å². The molecule has 0 bridgehead atoms. The van der Waals surface area contributed by atoms with E-state index in [1.54, 1.807) is 18.3 Å². The van der Waals surface area contributed by atoms with Gasteiger partial charge < -0.3 is 14.8 Å². The van der Waals surface area contributed by atoms with Crippen LogP contribution in [0.25, 0.3) is 10.9 Å². The largest absolute Gasteiger partial charge is 0.504 e. The van der Waals surface area contributed by atoms with Gasteiger partial charge in [0.05, 0.1) is 27.7 Å². The van der Waals surface area contributed by atoms with Crippen molar-refractivity contribution >= 4 is 26.6 Å². The molecule has 0 saturated heterocycles. The number of fused-ring (bicyclic) bond motifs is 1. The summed E-state index contributed by atoms with van der Waals surface area (Å²) < 4.78 is 33.2. The molecule has 11 heteroatoms. The predicted octanol–water partition coefficient (Wildman–Crippen LogP) is 1.91. The highest BCUT2D eigenvalue weighted by atomic mass is 32.2. The van der Waals surface area contributed by atoms with Gasteiger partial charge in [-0.05, 0) is 42.5 Å². The average molecular weight is 426 g/mol. The van der Waals surface area contributed by atoms with Gasteiger partial charge in [0.15, 0.2) is 11.5 Å². The van der Waals surface area contributed by atoms with E-state index in [0.29, 0.717) is 5.75 Å². The molecule has 0 fully saturated rings. The Balaban J connectivity index is 1.62. The maximum absolute atomic E-state index is 12.7. The summed E-state index contributed by atoms with van der Waals surface area (Å²) in [5, 5.41) is 10.2. The number of pyridine rings is 1. The average Bonchev–Trinajstić information content (AvgIpc) is 2.70. The lowest BCUT2D eigenvalue weighted by atomic mass is 10.2. The fourth-order valence-corrected chi connectivity index (χ4v) is 3.80. The van der Waals surface area contributed by atoms with Gasteiger partial charge in [0, 0.05) is 12.3 Å². The molecule has 0 saturated carbocycles. The minimum Gasteiger partial charge on any atom is -0.504 e. The standard InChI is InChI=1S/C19H14N4O6S/c24-16-8-11(3-6-17(16)29-12-2-1-7-20-10-12)23-30(27,28)13-4-5-15-14(9-13)18(25)22-19(26)21-15/h1-10,23-24H,(H2,21,22,25,26). The van der Waals surface area contributed by atoms with Gasteiger partial charge >= 0.3 is 5.69 Å². The number of nitrogens with zero attached hydrogens (tertiary/aromatic N) is 1. The maximum atomic E-state index is 12.7. The number of phenolic OH excluding ortho intramolecular Hbond substituents is 1. The Kier molecular flexibility index (Phi) is 4.72. The van der Waals surface area contributed by atoms with Crippen LogP contribution in [0, 0.1) is 0 Å². The second-order valence-corrected chi connectivity index (χ2v) is 7.88. The molecule has 10 nitrogen and oxygen atoms in total. The van der Waals surface area contributed by atoms with Crippen LogP contribution in [0.4, 0.5) is 5.69 Å². The zero-order chi connectivity index (χ0) is 21.3. The molecular formula is C19H14N4O6S. The maximum Gasteiger partial charge on any atom is 0.326 e. The SMILES string of the molecule is O=c1[nH]c(=O)c2cc(S(=O)(=O)Nc3ccc(Oc4cccnc4)c(O)c3)ccc2[nH]1. The predicted molar refractivity (Wildman–Crippen MR) is 108 cm³/mol. The lowest BCUT2D eigenvalue weighted by Gasteiger charge is -2.11. The highest BCUT2D eigenvalue weighted by molar-refractivity contribution is 7.92. The van der Waals surface area contributed by atoms with Crippen molar-refractivity contribution in [2.45, 2.75) is 4.90 Å². The number of phenols is 1. The van der Waals surface area contributed by atoms with Crippen molar-refractivity contribution < 1.29 is 18.3 Å². The molecule has 0 aliphatic carbocycles. The topological polar surface area (TPSA) is 154 Å². The van der Waals surface area contributed by atoms with Crippen LogP contribution in [0.5, 0.6) is 17.2 Å². The van der Waals surface area contributed by atoms with Gasteiger partial charge in [0.25, 0.3) is 15.6 Å². The first-order valence-electron chi connectivity index (χ1n) is 8.52. The van der Waals surface area contributed by atoms with Crippen LogP contribution >= 0.6 is 0 Å². The third-order valence-corrected chi connectivity index (χ3v) is 5.47. The van der Waals surface area contributed by atoms with Crippen LogP contribution in [0.3, 0.4) is 0 Å². The number of benzene rings is 2. The molecule has 4 aromatic rings. The van der Waals surface area contributed by atoms with E-state index in [9.17, 15) is 23.1 Å². The molecule has 4 rings (SSSR count). The van der Waals surface area contributed by atoms with Crippen LogP contribution in [-0.4, -0.2) is 28.5 Å². The lowest BCUT2D eigenvalue weighted by molar-refractivity contribution is 0.410. The highest BCUT2D eigenvalue weighted by Gasteiger charge is 2.17. The third kappa shape index (κ3) is 3.86. The molecule has 4 N–H and O–H groups in total. The number of nitrogens with one attached hydrogen (secondary N) is 3. The molecule has 0 atom stereocenters. The second kappa shape index (κ2) is 7.37. The van der Waals surface area contributed by atoms with E-state index in [2.05, 4.69) is 14.7 Å². The number of H-pyrrole nitrogens is 2.